The van der Waals surface area contributed by atoms with Crippen molar-refractivity contribution in [3.8, 4) is 0 Å². The summed E-state index contributed by atoms with van der Waals surface area (Å²) in [6, 6.07) is 7.33. The Labute approximate surface area is 198 Å². The zero-order valence-electron chi connectivity index (χ0n) is 17.5. The van der Waals surface area contributed by atoms with Crippen molar-refractivity contribution in [1.29, 1.82) is 0 Å². The summed E-state index contributed by atoms with van der Waals surface area (Å²) in [5.74, 6) is -3.54. The first kappa shape index (κ1) is 27.2. The van der Waals surface area contributed by atoms with Gasteiger partial charge in [0.2, 0.25) is 0 Å². The van der Waals surface area contributed by atoms with Crippen LogP contribution in [-0.4, -0.2) is 54.8 Å². The Kier molecular flexibility index (Phi) is 9.10. The molecule has 0 bridgehead atoms. The summed E-state index contributed by atoms with van der Waals surface area (Å²) in [7, 11) is -3.96. The van der Waals surface area contributed by atoms with Gasteiger partial charge in [-0.25, -0.2) is 23.0 Å². The van der Waals surface area contributed by atoms with E-state index < -0.39 is 28.1 Å². The number of aromatic carboxylic acids is 1. The number of pyridine rings is 1. The first-order valence-electron chi connectivity index (χ1n) is 9.88. The normalized spacial score (nSPS) is 14.4. The average Bonchev–Trinajstić information content (AvgIpc) is 3.03. The molecule has 1 aliphatic heterocycles. The number of alkyl halides is 3. The molecule has 34 heavy (non-hydrogen) atoms. The molecular formula is C20H21ClF3N3O6S. The topological polar surface area (TPSA) is 137 Å². The zero-order valence-corrected chi connectivity index (χ0v) is 19.1. The molecule has 1 aliphatic rings. The highest BCUT2D eigenvalue weighted by Crippen LogP contribution is 2.27. The molecule has 1 aromatic carbocycles. The zero-order chi connectivity index (χ0) is 25.5. The van der Waals surface area contributed by atoms with Crippen LogP contribution in [0.25, 0.3) is 0 Å². The lowest BCUT2D eigenvalue weighted by molar-refractivity contribution is -0.192. The van der Waals surface area contributed by atoms with Crippen molar-refractivity contribution in [3.05, 3.63) is 47.1 Å². The second-order valence-corrected chi connectivity index (χ2v) is 9.20. The molecule has 186 valence electrons. The molecule has 3 rings (SSSR count). The molecule has 3 N–H and O–H groups in total. The van der Waals surface area contributed by atoms with Crippen LogP contribution < -0.4 is 9.62 Å². The third-order valence-corrected chi connectivity index (χ3v) is 6.50. The second kappa shape index (κ2) is 11.4. The molecule has 0 saturated carbocycles. The van der Waals surface area contributed by atoms with Gasteiger partial charge in [-0.1, -0.05) is 36.6 Å². The number of aliphatic carboxylic acids is 1. The monoisotopic (exact) mass is 523 g/mol. The van der Waals surface area contributed by atoms with E-state index >= 15 is 0 Å². The minimum absolute atomic E-state index is 0.0312. The molecular weight excluding hydrogens is 503 g/mol. The molecule has 1 fully saturated rings. The number of carbonyl (C=O) groups is 2. The molecule has 9 nitrogen and oxygen atoms in total. The van der Waals surface area contributed by atoms with Gasteiger partial charge in [0.05, 0.1) is 16.9 Å². The predicted molar refractivity (Wildman–Crippen MR) is 118 cm³/mol. The van der Waals surface area contributed by atoms with Crippen LogP contribution in [0.1, 0.15) is 36.0 Å². The summed E-state index contributed by atoms with van der Waals surface area (Å²) in [6.07, 6.45) is 0.410. The van der Waals surface area contributed by atoms with Crippen molar-refractivity contribution in [3.63, 3.8) is 0 Å². The lowest BCUT2D eigenvalue weighted by Crippen LogP contribution is -2.27. The van der Waals surface area contributed by atoms with E-state index in [0.29, 0.717) is 5.82 Å². The van der Waals surface area contributed by atoms with E-state index in [0.717, 1.165) is 38.8 Å². The maximum atomic E-state index is 12.6. The fraction of sp³-hybridized carbons (Fsp3) is 0.350. The lowest BCUT2D eigenvalue weighted by Gasteiger charge is -2.23. The molecule has 14 heteroatoms. The maximum absolute atomic E-state index is 12.6. The smallest absolute Gasteiger partial charge is 0.478 e. The van der Waals surface area contributed by atoms with Gasteiger partial charge in [-0.05, 0) is 31.0 Å². The highest BCUT2D eigenvalue weighted by molar-refractivity contribution is 7.92. The lowest BCUT2D eigenvalue weighted by atomic mass is 10.2. The first-order chi connectivity index (χ1) is 15.8. The van der Waals surface area contributed by atoms with Gasteiger partial charge < -0.3 is 15.1 Å². The fourth-order valence-electron chi connectivity index (χ4n) is 3.08. The number of hydrogen-bond donors (Lipinski definition) is 3. The number of carboxylic acids is 2. The van der Waals surface area contributed by atoms with Crippen LogP contribution in [0.3, 0.4) is 0 Å². The van der Waals surface area contributed by atoms with Crippen molar-refractivity contribution < 1.29 is 41.4 Å². The maximum Gasteiger partial charge on any atom is 0.490 e. The van der Waals surface area contributed by atoms with Crippen LogP contribution in [-0.2, 0) is 14.8 Å². The molecule has 0 amide bonds. The number of hydrogen-bond acceptors (Lipinski definition) is 6. The predicted octanol–water partition coefficient (Wildman–Crippen LogP) is 4.25. The van der Waals surface area contributed by atoms with E-state index in [1.165, 1.54) is 24.4 Å². The van der Waals surface area contributed by atoms with Gasteiger partial charge in [0.1, 0.15) is 16.3 Å². The first-order valence-corrected chi connectivity index (χ1v) is 11.7. The highest BCUT2D eigenvalue weighted by Gasteiger charge is 2.38. The number of rotatable bonds is 5. The van der Waals surface area contributed by atoms with Crippen LogP contribution >= 0.6 is 11.6 Å². The second-order valence-electron chi connectivity index (χ2n) is 7.14. The molecule has 2 heterocycles. The molecule has 0 radical (unpaired) electrons. The van der Waals surface area contributed by atoms with Crippen LogP contribution in [0.2, 0.25) is 5.02 Å². The third kappa shape index (κ3) is 7.48. The number of nitrogens with one attached hydrogen (secondary N) is 1. The number of carboxylic acid groups (broad SMARTS) is 2. The molecule has 0 aliphatic carbocycles. The fourth-order valence-corrected chi connectivity index (χ4v) is 4.63. The van der Waals surface area contributed by atoms with Crippen LogP contribution in [0.15, 0.2) is 41.4 Å². The highest BCUT2D eigenvalue weighted by atomic mass is 35.5. The Balaban J connectivity index is 0.000000509. The van der Waals surface area contributed by atoms with Crippen LogP contribution in [0, 0.1) is 0 Å². The van der Waals surface area contributed by atoms with Crippen molar-refractivity contribution in [1.82, 2.24) is 4.98 Å². The van der Waals surface area contributed by atoms with Crippen molar-refractivity contribution >= 4 is 45.1 Å². The summed E-state index contributed by atoms with van der Waals surface area (Å²) >= 11 is 5.96. The van der Waals surface area contributed by atoms with Gasteiger partial charge in [0.15, 0.2) is 0 Å². The minimum Gasteiger partial charge on any atom is -0.478 e. The molecule has 2 aromatic rings. The van der Waals surface area contributed by atoms with E-state index in [4.69, 9.17) is 21.5 Å². The van der Waals surface area contributed by atoms with Gasteiger partial charge in [-0.2, -0.15) is 13.2 Å². The van der Waals surface area contributed by atoms with E-state index in [1.54, 1.807) is 12.1 Å². The molecule has 0 atom stereocenters. The summed E-state index contributed by atoms with van der Waals surface area (Å²) in [5, 5.41) is 16.8. The van der Waals surface area contributed by atoms with E-state index in [2.05, 4.69) is 9.71 Å². The molecule has 1 saturated heterocycles. The summed E-state index contributed by atoms with van der Waals surface area (Å²) in [6.45, 7) is 1.47. The third-order valence-electron chi connectivity index (χ3n) is 4.62. The summed E-state index contributed by atoms with van der Waals surface area (Å²) in [4.78, 5) is 26.7. The summed E-state index contributed by atoms with van der Waals surface area (Å²) in [5.41, 5.74) is 0.0437. The Morgan fingerprint density at radius 2 is 1.62 bits per heavy atom. The van der Waals surface area contributed by atoms with Gasteiger partial charge >= 0.3 is 18.1 Å². The van der Waals surface area contributed by atoms with E-state index in [1.807, 2.05) is 4.90 Å². The van der Waals surface area contributed by atoms with Crippen molar-refractivity contribution in [2.24, 2.45) is 0 Å². The van der Waals surface area contributed by atoms with Gasteiger partial charge in [-0.15, -0.1) is 0 Å². The van der Waals surface area contributed by atoms with Crippen molar-refractivity contribution in [2.75, 3.05) is 22.7 Å². The minimum atomic E-state index is -5.08. The van der Waals surface area contributed by atoms with Crippen LogP contribution in [0.4, 0.5) is 24.7 Å². The van der Waals surface area contributed by atoms with Gasteiger partial charge in [0.25, 0.3) is 10.0 Å². The average molecular weight is 524 g/mol. The number of aromatic nitrogens is 1. The number of anilines is 2. The molecule has 1 aromatic heterocycles. The van der Waals surface area contributed by atoms with E-state index in [9.17, 15) is 31.5 Å². The standard InChI is InChI=1S/C18H20ClN3O4S.C2HF3O2/c19-15-7-3-4-8-16(15)27(25,26)21-13-11-14(18(23)24)17(20-12-13)22-9-5-1-2-6-10-22;3-2(4,5)1(6)7/h3-4,7-8,11-12,21H,1-2,5-6,9-10H2,(H,23,24);(H,6,7). The Morgan fingerprint density at radius 1 is 1.06 bits per heavy atom. The number of nitrogens with zero attached hydrogens (tertiary/aromatic N) is 2. The quantitative estimate of drug-likeness (QED) is 0.529. The van der Waals surface area contributed by atoms with Gasteiger partial charge in [0, 0.05) is 13.1 Å². The molecule has 0 spiro atoms. The largest absolute Gasteiger partial charge is 0.490 e. The Bertz CT molecular complexity index is 1140. The van der Waals surface area contributed by atoms with E-state index in [-0.39, 0.29) is 21.2 Å². The van der Waals surface area contributed by atoms with Gasteiger partial charge in [-0.3, -0.25) is 4.72 Å². The number of sulfonamides is 1. The Hall–Kier alpha value is -3.06. The molecule has 0 unspecified atom stereocenters. The Morgan fingerprint density at radius 3 is 2.12 bits per heavy atom. The SMILES string of the molecule is O=C(O)C(F)(F)F.O=C(O)c1cc(NS(=O)(=O)c2ccccc2Cl)cnc1N1CCCCCC1. The van der Waals surface area contributed by atoms with Crippen molar-refractivity contribution in [2.45, 2.75) is 36.8 Å². The number of halogens is 4. The number of benzene rings is 1. The summed E-state index contributed by atoms with van der Waals surface area (Å²) < 4.78 is 59.2. The van der Waals surface area contributed by atoms with Crippen LogP contribution in [0.5, 0.6) is 0 Å².